The first-order chi connectivity index (χ1) is 13.2. The van der Waals surface area contributed by atoms with E-state index in [-0.39, 0.29) is 12.0 Å². The monoisotopic (exact) mass is 380 g/mol. The molecule has 146 valence electrons. The zero-order chi connectivity index (χ0) is 20.7. The first-order valence-electron chi connectivity index (χ1n) is 8.93. The smallest absolute Gasteiger partial charge is 0.344 e. The van der Waals surface area contributed by atoms with Gasteiger partial charge in [-0.3, -0.25) is 4.79 Å². The van der Waals surface area contributed by atoms with Crippen LogP contribution in [0.25, 0.3) is 0 Å². The van der Waals surface area contributed by atoms with E-state index in [0.29, 0.717) is 17.0 Å². The molecular formula is C22H24N2O4. The molecule has 28 heavy (non-hydrogen) atoms. The maximum atomic E-state index is 12.1. The summed E-state index contributed by atoms with van der Waals surface area (Å²) in [5.74, 6) is -0.547. The molecule has 6 heteroatoms. The zero-order valence-electron chi connectivity index (χ0n) is 16.5. The number of hydrogen-bond donors (Lipinski definition) is 1. The molecule has 0 heterocycles. The van der Waals surface area contributed by atoms with Crippen molar-refractivity contribution in [3.05, 3.63) is 59.7 Å². The molecule has 0 aliphatic carbocycles. The molecule has 0 fully saturated rings. The molecule has 2 rings (SSSR count). The molecule has 1 amide bonds. The Morgan fingerprint density at radius 3 is 2.21 bits per heavy atom. The summed E-state index contributed by atoms with van der Waals surface area (Å²) in [6.45, 7) is 7.54. The molecule has 0 bridgehead atoms. The third-order valence-corrected chi connectivity index (χ3v) is 4.04. The SMILES string of the molecule is C[C@H](OC(=O)COc1ccc(C(C)(C)C)cc1)C(=O)Nc1ccc(C#N)cc1. The highest BCUT2D eigenvalue weighted by Crippen LogP contribution is 2.24. The summed E-state index contributed by atoms with van der Waals surface area (Å²) in [5, 5.41) is 11.4. The lowest BCUT2D eigenvalue weighted by molar-refractivity contribution is -0.155. The van der Waals surface area contributed by atoms with E-state index in [1.54, 1.807) is 36.4 Å². The number of hydrogen-bond acceptors (Lipinski definition) is 5. The van der Waals surface area contributed by atoms with Crippen LogP contribution in [0.3, 0.4) is 0 Å². The fraction of sp³-hybridized carbons (Fsp3) is 0.318. The van der Waals surface area contributed by atoms with Crippen molar-refractivity contribution in [3.63, 3.8) is 0 Å². The van der Waals surface area contributed by atoms with Crippen LogP contribution < -0.4 is 10.1 Å². The van der Waals surface area contributed by atoms with Crippen LogP contribution in [0.1, 0.15) is 38.8 Å². The normalized spacial score (nSPS) is 11.8. The Balaban J connectivity index is 1.81. The lowest BCUT2D eigenvalue weighted by Crippen LogP contribution is -2.31. The van der Waals surface area contributed by atoms with E-state index in [2.05, 4.69) is 26.1 Å². The van der Waals surface area contributed by atoms with E-state index in [1.165, 1.54) is 6.92 Å². The molecule has 0 unspecified atom stereocenters. The molecule has 2 aromatic rings. The van der Waals surface area contributed by atoms with Crippen molar-refractivity contribution in [2.75, 3.05) is 11.9 Å². The number of esters is 1. The largest absolute Gasteiger partial charge is 0.482 e. The Morgan fingerprint density at radius 1 is 1.07 bits per heavy atom. The summed E-state index contributed by atoms with van der Waals surface area (Å²) in [7, 11) is 0. The lowest BCUT2D eigenvalue weighted by Gasteiger charge is -2.19. The average Bonchev–Trinajstić information content (AvgIpc) is 2.66. The summed E-state index contributed by atoms with van der Waals surface area (Å²) in [5.41, 5.74) is 2.21. The van der Waals surface area contributed by atoms with E-state index < -0.39 is 18.0 Å². The molecule has 0 saturated carbocycles. The van der Waals surface area contributed by atoms with E-state index in [9.17, 15) is 9.59 Å². The highest BCUT2D eigenvalue weighted by Gasteiger charge is 2.18. The van der Waals surface area contributed by atoms with E-state index in [0.717, 1.165) is 5.56 Å². The summed E-state index contributed by atoms with van der Waals surface area (Å²) < 4.78 is 10.5. The number of nitrogens with one attached hydrogen (secondary N) is 1. The summed E-state index contributed by atoms with van der Waals surface area (Å²) in [6.07, 6.45) is -0.977. The van der Waals surface area contributed by atoms with Crippen molar-refractivity contribution >= 4 is 17.6 Å². The van der Waals surface area contributed by atoms with Gasteiger partial charge in [-0.05, 0) is 54.3 Å². The molecule has 1 N–H and O–H groups in total. The Bertz CT molecular complexity index is 859. The van der Waals surface area contributed by atoms with Crippen LogP contribution in [0.15, 0.2) is 48.5 Å². The second-order valence-corrected chi connectivity index (χ2v) is 7.37. The van der Waals surface area contributed by atoms with Gasteiger partial charge in [0.2, 0.25) is 0 Å². The minimum atomic E-state index is -0.977. The topological polar surface area (TPSA) is 88.4 Å². The molecule has 0 aliphatic rings. The molecule has 0 aromatic heterocycles. The predicted molar refractivity (Wildman–Crippen MR) is 106 cm³/mol. The van der Waals surface area contributed by atoms with Crippen molar-refractivity contribution in [1.82, 2.24) is 0 Å². The van der Waals surface area contributed by atoms with Gasteiger partial charge in [-0.2, -0.15) is 5.26 Å². The highest BCUT2D eigenvalue weighted by molar-refractivity contribution is 5.95. The molecule has 6 nitrogen and oxygen atoms in total. The van der Waals surface area contributed by atoms with Crippen LogP contribution in [-0.4, -0.2) is 24.6 Å². The van der Waals surface area contributed by atoms with Crippen molar-refractivity contribution in [1.29, 1.82) is 5.26 Å². The molecular weight excluding hydrogens is 356 g/mol. The van der Waals surface area contributed by atoms with Gasteiger partial charge in [0.15, 0.2) is 12.7 Å². The van der Waals surface area contributed by atoms with E-state index >= 15 is 0 Å². The number of ether oxygens (including phenoxy) is 2. The van der Waals surface area contributed by atoms with Crippen LogP contribution in [0.4, 0.5) is 5.69 Å². The third-order valence-electron chi connectivity index (χ3n) is 4.04. The number of rotatable bonds is 6. The minimum absolute atomic E-state index is 0.0369. The number of carbonyl (C=O) groups is 2. The van der Waals surface area contributed by atoms with Crippen molar-refractivity contribution in [2.24, 2.45) is 0 Å². The quantitative estimate of drug-likeness (QED) is 0.770. The minimum Gasteiger partial charge on any atom is -0.482 e. The third kappa shape index (κ3) is 6.13. The highest BCUT2D eigenvalue weighted by atomic mass is 16.6. The number of anilines is 1. The van der Waals surface area contributed by atoms with Crippen LogP contribution in [0, 0.1) is 11.3 Å². The Morgan fingerprint density at radius 2 is 1.68 bits per heavy atom. The van der Waals surface area contributed by atoms with Crippen LogP contribution in [0.5, 0.6) is 5.75 Å². The predicted octanol–water partition coefficient (Wildman–Crippen LogP) is 3.80. The van der Waals surface area contributed by atoms with E-state index in [4.69, 9.17) is 14.7 Å². The second-order valence-electron chi connectivity index (χ2n) is 7.37. The lowest BCUT2D eigenvalue weighted by atomic mass is 9.87. The van der Waals surface area contributed by atoms with Gasteiger partial charge in [-0.1, -0.05) is 32.9 Å². The van der Waals surface area contributed by atoms with Gasteiger partial charge in [-0.25, -0.2) is 4.79 Å². The van der Waals surface area contributed by atoms with Crippen molar-refractivity contribution in [3.8, 4) is 11.8 Å². The number of nitriles is 1. The molecule has 1 atom stereocenters. The number of nitrogens with zero attached hydrogens (tertiary/aromatic N) is 1. The number of amides is 1. The second kappa shape index (κ2) is 9.05. The van der Waals surface area contributed by atoms with Crippen molar-refractivity contribution in [2.45, 2.75) is 39.2 Å². The molecule has 0 radical (unpaired) electrons. The summed E-state index contributed by atoms with van der Waals surface area (Å²) >= 11 is 0. The molecule has 0 spiro atoms. The Kier molecular flexibility index (Phi) is 6.78. The van der Waals surface area contributed by atoms with Gasteiger partial charge in [0.25, 0.3) is 5.91 Å². The Labute approximate surface area is 165 Å². The molecule has 0 aliphatic heterocycles. The Hall–Kier alpha value is -3.33. The van der Waals surface area contributed by atoms with Crippen LogP contribution in [0.2, 0.25) is 0 Å². The zero-order valence-corrected chi connectivity index (χ0v) is 16.5. The van der Waals surface area contributed by atoms with Crippen LogP contribution in [-0.2, 0) is 19.7 Å². The fourth-order valence-electron chi connectivity index (χ4n) is 2.35. The van der Waals surface area contributed by atoms with Gasteiger partial charge < -0.3 is 14.8 Å². The average molecular weight is 380 g/mol. The van der Waals surface area contributed by atoms with Gasteiger partial charge >= 0.3 is 5.97 Å². The fourth-order valence-corrected chi connectivity index (χ4v) is 2.35. The summed E-state index contributed by atoms with van der Waals surface area (Å²) in [4.78, 5) is 24.0. The first-order valence-corrected chi connectivity index (χ1v) is 8.93. The number of carbonyl (C=O) groups excluding carboxylic acids is 2. The first kappa shape index (κ1) is 21.0. The molecule has 2 aromatic carbocycles. The number of benzene rings is 2. The van der Waals surface area contributed by atoms with Crippen molar-refractivity contribution < 1.29 is 19.1 Å². The van der Waals surface area contributed by atoms with Gasteiger partial charge in [0.1, 0.15) is 5.75 Å². The van der Waals surface area contributed by atoms with Crippen LogP contribution >= 0.6 is 0 Å². The maximum absolute atomic E-state index is 12.1. The van der Waals surface area contributed by atoms with Gasteiger partial charge in [-0.15, -0.1) is 0 Å². The molecule has 0 saturated heterocycles. The maximum Gasteiger partial charge on any atom is 0.344 e. The summed E-state index contributed by atoms with van der Waals surface area (Å²) in [6, 6.07) is 15.9. The van der Waals surface area contributed by atoms with Gasteiger partial charge in [0.05, 0.1) is 11.6 Å². The standard InChI is InChI=1S/C22H24N2O4/c1-15(21(26)24-18-9-5-16(13-23)6-10-18)28-20(25)14-27-19-11-7-17(8-12-19)22(2,3)4/h5-12,15H,14H2,1-4H3,(H,24,26)/t15-/m0/s1. The van der Waals surface area contributed by atoms with Gasteiger partial charge in [0, 0.05) is 5.69 Å². The van der Waals surface area contributed by atoms with E-state index in [1.807, 2.05) is 18.2 Å².